The second-order valence-corrected chi connectivity index (χ2v) is 6.73. The first-order valence-corrected chi connectivity index (χ1v) is 9.39. The molecular formula is C23H18FN5O2. The summed E-state index contributed by atoms with van der Waals surface area (Å²) in [5, 5.41) is 9.93. The third kappa shape index (κ3) is 4.32. The van der Waals surface area contributed by atoms with E-state index in [1.54, 1.807) is 55.6 Å². The molecule has 0 aliphatic carbocycles. The summed E-state index contributed by atoms with van der Waals surface area (Å²) in [7, 11) is 0. The van der Waals surface area contributed by atoms with Crippen molar-refractivity contribution >= 4 is 24.0 Å². The van der Waals surface area contributed by atoms with Crippen LogP contribution in [0.3, 0.4) is 0 Å². The van der Waals surface area contributed by atoms with Crippen LogP contribution in [0.4, 0.5) is 10.2 Å². The second-order valence-electron chi connectivity index (χ2n) is 6.73. The van der Waals surface area contributed by atoms with Crippen molar-refractivity contribution in [1.29, 1.82) is 5.41 Å². The third-order valence-electron chi connectivity index (χ3n) is 4.58. The van der Waals surface area contributed by atoms with Gasteiger partial charge in [0.25, 0.3) is 5.91 Å². The largest absolute Gasteiger partial charge is 0.472 e. The number of carbonyl (C=O) groups excluding carboxylic acids is 1. The predicted molar refractivity (Wildman–Crippen MR) is 116 cm³/mol. The Balaban J connectivity index is 1.75. The molecule has 0 bridgehead atoms. The van der Waals surface area contributed by atoms with Gasteiger partial charge in [-0.25, -0.2) is 14.4 Å². The van der Waals surface area contributed by atoms with Crippen molar-refractivity contribution in [1.82, 2.24) is 15.0 Å². The molecule has 3 N–H and O–H groups in total. The van der Waals surface area contributed by atoms with Crippen molar-refractivity contribution in [2.75, 3.05) is 5.32 Å². The highest BCUT2D eigenvalue weighted by molar-refractivity contribution is 6.03. The molecule has 3 heterocycles. The Morgan fingerprint density at radius 3 is 2.84 bits per heavy atom. The van der Waals surface area contributed by atoms with E-state index in [2.05, 4.69) is 20.3 Å². The van der Waals surface area contributed by atoms with E-state index in [1.807, 2.05) is 0 Å². The molecule has 0 saturated carbocycles. The number of aryl methyl sites for hydroxylation is 1. The first-order chi connectivity index (χ1) is 15.0. The van der Waals surface area contributed by atoms with E-state index < -0.39 is 0 Å². The number of furan rings is 1. The number of H-pyrrole nitrogens is 1. The summed E-state index contributed by atoms with van der Waals surface area (Å²) < 4.78 is 18.7. The molecule has 0 aliphatic rings. The standard InChI is InChI=1S/C23H18FN5O2/c1-14-11-15(4-5-18(14)24)21-22(28-19(27-21)3-2-8-25)16-6-9-26-20(12-16)29-23(30)17-7-10-31-13-17/h2-13,25H,1H3,(H,27,28)(H,26,29,30)/b3-2-,25-8?. The van der Waals surface area contributed by atoms with E-state index >= 15 is 0 Å². The lowest BCUT2D eigenvalue weighted by Crippen LogP contribution is -2.11. The molecule has 4 rings (SSSR count). The van der Waals surface area contributed by atoms with Crippen LogP contribution in [0.25, 0.3) is 28.6 Å². The molecule has 7 nitrogen and oxygen atoms in total. The van der Waals surface area contributed by atoms with Crippen LogP contribution in [0.15, 0.2) is 65.6 Å². The van der Waals surface area contributed by atoms with Gasteiger partial charge in [-0.1, -0.05) is 0 Å². The van der Waals surface area contributed by atoms with Crippen LogP contribution in [0.1, 0.15) is 21.7 Å². The molecule has 0 unspecified atom stereocenters. The van der Waals surface area contributed by atoms with Gasteiger partial charge in [0.2, 0.25) is 0 Å². The fourth-order valence-corrected chi connectivity index (χ4v) is 3.06. The molecule has 0 saturated heterocycles. The van der Waals surface area contributed by atoms with Gasteiger partial charge in [-0.2, -0.15) is 0 Å². The highest BCUT2D eigenvalue weighted by atomic mass is 19.1. The number of pyridine rings is 1. The zero-order chi connectivity index (χ0) is 21.8. The van der Waals surface area contributed by atoms with Crippen molar-refractivity contribution < 1.29 is 13.6 Å². The average molecular weight is 415 g/mol. The van der Waals surface area contributed by atoms with Gasteiger partial charge in [-0.05, 0) is 61.0 Å². The van der Waals surface area contributed by atoms with Crippen LogP contribution in [0.5, 0.6) is 0 Å². The highest BCUT2D eigenvalue weighted by Gasteiger charge is 2.16. The first kappa shape index (κ1) is 20.0. The van der Waals surface area contributed by atoms with Gasteiger partial charge >= 0.3 is 0 Å². The van der Waals surface area contributed by atoms with Gasteiger partial charge in [0.05, 0.1) is 23.2 Å². The molecule has 0 radical (unpaired) electrons. The summed E-state index contributed by atoms with van der Waals surface area (Å²) >= 11 is 0. The SMILES string of the molecule is Cc1cc(-c2nc(/C=C\C=N)[nH]c2-c2ccnc(NC(=O)c3ccoc3)c2)ccc1F. The van der Waals surface area contributed by atoms with Crippen molar-refractivity contribution in [3.05, 3.63) is 84.0 Å². The molecule has 1 amide bonds. The van der Waals surface area contributed by atoms with Crippen LogP contribution < -0.4 is 5.32 Å². The zero-order valence-electron chi connectivity index (χ0n) is 16.5. The molecule has 0 aliphatic heterocycles. The topological polar surface area (TPSA) is 108 Å². The van der Waals surface area contributed by atoms with E-state index in [0.717, 1.165) is 17.3 Å². The number of rotatable bonds is 6. The second kappa shape index (κ2) is 8.58. The number of aromatic nitrogens is 3. The van der Waals surface area contributed by atoms with Crippen LogP contribution in [0, 0.1) is 18.2 Å². The van der Waals surface area contributed by atoms with Crippen LogP contribution in [-0.2, 0) is 0 Å². The Labute approximate surface area is 177 Å². The maximum Gasteiger partial charge on any atom is 0.260 e. The van der Waals surface area contributed by atoms with Crippen molar-refractivity contribution in [2.24, 2.45) is 0 Å². The fourth-order valence-electron chi connectivity index (χ4n) is 3.06. The van der Waals surface area contributed by atoms with Gasteiger partial charge in [-0.3, -0.25) is 4.79 Å². The monoisotopic (exact) mass is 415 g/mol. The number of anilines is 1. The van der Waals surface area contributed by atoms with E-state index in [0.29, 0.717) is 34.2 Å². The van der Waals surface area contributed by atoms with Gasteiger partial charge in [0.15, 0.2) is 0 Å². The summed E-state index contributed by atoms with van der Waals surface area (Å²) in [6.45, 7) is 1.69. The molecule has 31 heavy (non-hydrogen) atoms. The fraction of sp³-hybridized carbons (Fsp3) is 0.0435. The lowest BCUT2D eigenvalue weighted by atomic mass is 10.0. The number of benzene rings is 1. The number of nitrogens with one attached hydrogen (secondary N) is 3. The molecule has 8 heteroatoms. The predicted octanol–water partition coefficient (Wildman–Crippen LogP) is 5.09. The minimum Gasteiger partial charge on any atom is -0.472 e. The number of hydrogen-bond acceptors (Lipinski definition) is 5. The van der Waals surface area contributed by atoms with Crippen molar-refractivity contribution in [3.8, 4) is 22.5 Å². The summed E-state index contributed by atoms with van der Waals surface area (Å²) in [5.41, 5.74) is 3.65. The number of nitrogens with zero attached hydrogens (tertiary/aromatic N) is 2. The Morgan fingerprint density at radius 2 is 2.10 bits per heavy atom. The minimum absolute atomic E-state index is 0.294. The maximum absolute atomic E-state index is 13.8. The molecule has 154 valence electrons. The van der Waals surface area contributed by atoms with Crippen LogP contribution >= 0.6 is 0 Å². The number of hydrogen-bond donors (Lipinski definition) is 3. The molecule has 4 aromatic rings. The summed E-state index contributed by atoms with van der Waals surface area (Å²) in [6.07, 6.45) is 8.72. The Morgan fingerprint density at radius 1 is 1.23 bits per heavy atom. The van der Waals surface area contributed by atoms with Crippen molar-refractivity contribution in [2.45, 2.75) is 6.92 Å². The summed E-state index contributed by atoms with van der Waals surface area (Å²) in [4.78, 5) is 24.3. The van der Waals surface area contributed by atoms with E-state index in [9.17, 15) is 9.18 Å². The lowest BCUT2D eigenvalue weighted by Gasteiger charge is -2.07. The van der Waals surface area contributed by atoms with E-state index in [1.165, 1.54) is 18.6 Å². The Hall–Kier alpha value is -4.33. The number of allylic oxidation sites excluding steroid dienone is 1. The Bertz CT molecular complexity index is 1280. The molecule has 0 atom stereocenters. The molecule has 0 fully saturated rings. The molecular weight excluding hydrogens is 397 g/mol. The van der Waals surface area contributed by atoms with Gasteiger partial charge in [-0.15, -0.1) is 0 Å². The first-order valence-electron chi connectivity index (χ1n) is 9.39. The number of imidazole rings is 1. The van der Waals surface area contributed by atoms with Gasteiger partial charge in [0, 0.05) is 23.5 Å². The average Bonchev–Trinajstić information content (AvgIpc) is 3.45. The molecule has 3 aromatic heterocycles. The normalized spacial score (nSPS) is 11.0. The number of halogens is 1. The molecule has 1 aromatic carbocycles. The smallest absolute Gasteiger partial charge is 0.260 e. The minimum atomic E-state index is -0.341. The number of carbonyl (C=O) groups is 1. The van der Waals surface area contributed by atoms with Gasteiger partial charge < -0.3 is 20.1 Å². The summed E-state index contributed by atoms with van der Waals surface area (Å²) in [6, 6.07) is 9.85. The number of aromatic amines is 1. The highest BCUT2D eigenvalue weighted by Crippen LogP contribution is 2.32. The lowest BCUT2D eigenvalue weighted by molar-refractivity contribution is 0.102. The van der Waals surface area contributed by atoms with E-state index in [4.69, 9.17) is 9.83 Å². The number of amides is 1. The van der Waals surface area contributed by atoms with Gasteiger partial charge in [0.1, 0.15) is 23.7 Å². The Kier molecular flexibility index (Phi) is 5.53. The zero-order valence-corrected chi connectivity index (χ0v) is 16.5. The summed E-state index contributed by atoms with van der Waals surface area (Å²) in [5.74, 6) is 0.261. The van der Waals surface area contributed by atoms with Crippen LogP contribution in [-0.4, -0.2) is 27.1 Å². The quantitative estimate of drug-likeness (QED) is 0.381. The van der Waals surface area contributed by atoms with E-state index in [-0.39, 0.29) is 11.7 Å². The maximum atomic E-state index is 13.8. The molecule has 0 spiro atoms. The third-order valence-corrected chi connectivity index (χ3v) is 4.58. The van der Waals surface area contributed by atoms with Crippen molar-refractivity contribution in [3.63, 3.8) is 0 Å². The van der Waals surface area contributed by atoms with Crippen LogP contribution in [0.2, 0.25) is 0 Å².